The molecule has 0 bridgehead atoms. The normalized spacial score (nSPS) is 21.3. The van der Waals surface area contributed by atoms with Crippen LogP contribution in [0.2, 0.25) is 0 Å². The summed E-state index contributed by atoms with van der Waals surface area (Å²) in [6, 6.07) is -0.347. The van der Waals surface area contributed by atoms with Gasteiger partial charge in [0.25, 0.3) is 5.91 Å². The molecule has 10 heteroatoms. The van der Waals surface area contributed by atoms with Crippen LogP contribution in [0.25, 0.3) is 18.2 Å². The van der Waals surface area contributed by atoms with Gasteiger partial charge in [-0.15, -0.1) is 0 Å². The number of allylic oxidation sites excluding steroid dienone is 2. The third kappa shape index (κ3) is 6.33. The van der Waals surface area contributed by atoms with Gasteiger partial charge in [-0.25, -0.2) is 0 Å². The summed E-state index contributed by atoms with van der Waals surface area (Å²) < 4.78 is 0. The smallest absolute Gasteiger partial charge is 0.303 e. The van der Waals surface area contributed by atoms with Crippen LogP contribution in [-0.4, -0.2) is 50.0 Å². The van der Waals surface area contributed by atoms with E-state index in [1.165, 1.54) is 6.08 Å². The number of amides is 2. The van der Waals surface area contributed by atoms with Crippen molar-refractivity contribution >= 4 is 42.0 Å². The number of carbonyl (C=O) groups excluding carboxylic acids is 2. The van der Waals surface area contributed by atoms with Crippen LogP contribution in [0.15, 0.2) is 41.1 Å². The first-order valence-corrected chi connectivity index (χ1v) is 14.2. The second kappa shape index (κ2) is 12.6. The lowest BCUT2D eigenvalue weighted by Crippen LogP contribution is -2.29. The van der Waals surface area contributed by atoms with Crippen LogP contribution in [0.4, 0.5) is 0 Å². The molecule has 2 atom stereocenters. The van der Waals surface area contributed by atoms with Crippen LogP contribution in [0.1, 0.15) is 67.3 Å². The van der Waals surface area contributed by atoms with Gasteiger partial charge in [-0.3, -0.25) is 19.2 Å². The zero-order valence-corrected chi connectivity index (χ0v) is 25.1. The highest BCUT2D eigenvalue weighted by atomic mass is 16.4. The van der Waals surface area contributed by atoms with Gasteiger partial charge in [0.15, 0.2) is 0 Å². The minimum Gasteiger partial charge on any atom is -0.481 e. The lowest BCUT2D eigenvalue weighted by molar-refractivity contribution is -0.138. The van der Waals surface area contributed by atoms with Crippen LogP contribution in [0.5, 0.6) is 0 Å². The highest BCUT2D eigenvalue weighted by molar-refractivity contribution is 6.01. The van der Waals surface area contributed by atoms with Gasteiger partial charge in [0.1, 0.15) is 0 Å². The molecule has 10 nitrogen and oxygen atoms in total. The minimum absolute atomic E-state index is 0.0727. The third-order valence-corrected chi connectivity index (χ3v) is 8.36. The Morgan fingerprint density at radius 1 is 0.907 bits per heavy atom. The van der Waals surface area contributed by atoms with Crippen LogP contribution in [0.3, 0.4) is 0 Å². The Balaban J connectivity index is 1.89. The van der Waals surface area contributed by atoms with Crippen LogP contribution in [-0.2, 0) is 32.0 Å². The summed E-state index contributed by atoms with van der Waals surface area (Å²) in [5.74, 6) is -2.40. The van der Waals surface area contributed by atoms with E-state index in [0.29, 0.717) is 22.3 Å². The van der Waals surface area contributed by atoms with Gasteiger partial charge in [-0.1, -0.05) is 18.7 Å². The molecular formula is C33H38N4O6. The molecule has 43 heavy (non-hydrogen) atoms. The summed E-state index contributed by atoms with van der Waals surface area (Å²) in [6.07, 6.45) is 9.50. The predicted molar refractivity (Wildman–Crippen MR) is 164 cm³/mol. The first-order chi connectivity index (χ1) is 20.4. The quantitative estimate of drug-likeness (QED) is 0.251. The number of aliphatic carboxylic acids is 2. The van der Waals surface area contributed by atoms with Crippen molar-refractivity contribution in [1.82, 2.24) is 20.6 Å². The Hall–Kier alpha value is -4.86. The summed E-state index contributed by atoms with van der Waals surface area (Å²) >= 11 is 0. The molecule has 2 aliphatic heterocycles. The number of carbonyl (C=O) groups is 4. The Morgan fingerprint density at radius 3 is 2.14 bits per heavy atom. The van der Waals surface area contributed by atoms with Crippen molar-refractivity contribution in [3.8, 4) is 0 Å². The topological polar surface area (TPSA) is 164 Å². The van der Waals surface area contributed by atoms with E-state index < -0.39 is 11.9 Å². The Kier molecular flexibility index (Phi) is 9.08. The van der Waals surface area contributed by atoms with Gasteiger partial charge in [-0.05, 0) is 99.1 Å². The van der Waals surface area contributed by atoms with E-state index in [4.69, 9.17) is 0 Å². The van der Waals surface area contributed by atoms with Crippen LogP contribution < -0.4 is 21.3 Å². The zero-order valence-electron chi connectivity index (χ0n) is 25.1. The molecule has 0 radical (unpaired) electrons. The molecule has 4 heterocycles. The van der Waals surface area contributed by atoms with E-state index in [1.807, 2.05) is 58.9 Å². The van der Waals surface area contributed by atoms with Crippen molar-refractivity contribution in [3.05, 3.63) is 85.5 Å². The second-order valence-electron chi connectivity index (χ2n) is 11.0. The van der Waals surface area contributed by atoms with Crippen molar-refractivity contribution in [3.63, 3.8) is 0 Å². The third-order valence-electron chi connectivity index (χ3n) is 8.36. The number of nitrogens with one attached hydrogen (secondary N) is 4. The molecule has 1 fully saturated rings. The standard InChI is InChI=1S/C33H38N4O6/c1-7-20-19(6)32(42)37-27(20)14-25-18(5)23(10-12-31(40)41)29(35-25)15-28-22(9-11-30(38)39)17(4)24(34-28)13-26-16(3)21(8-2)33(43)36-26/h7-8,13-15,19,26,34-35H,2,9-12H2,1,3-6H3,(H,36,43)(H,37,42)(H,38,39)(H,40,41)/b20-7?,24-13+,27-14-,28-15?/t19-,26-/m0/s1. The zero-order chi connectivity index (χ0) is 31.6. The molecule has 0 aromatic carbocycles. The highest BCUT2D eigenvalue weighted by Gasteiger charge is 2.29. The summed E-state index contributed by atoms with van der Waals surface area (Å²) in [4.78, 5) is 54.6. The maximum atomic E-state index is 12.4. The number of rotatable bonds is 10. The van der Waals surface area contributed by atoms with Gasteiger partial charge in [-0.2, -0.15) is 0 Å². The predicted octanol–water partition coefficient (Wildman–Crippen LogP) is 2.66. The van der Waals surface area contributed by atoms with E-state index in [2.05, 4.69) is 27.2 Å². The lowest BCUT2D eigenvalue weighted by Gasteiger charge is -2.06. The number of hydrogen-bond donors (Lipinski definition) is 6. The molecular weight excluding hydrogens is 548 g/mol. The Labute approximate surface area is 249 Å². The van der Waals surface area contributed by atoms with Crippen molar-refractivity contribution < 1.29 is 29.4 Å². The fourth-order valence-corrected chi connectivity index (χ4v) is 5.79. The minimum atomic E-state index is -0.922. The summed E-state index contributed by atoms with van der Waals surface area (Å²) in [5.41, 5.74) is 7.72. The molecule has 2 aromatic rings. The molecule has 2 aromatic heterocycles. The maximum absolute atomic E-state index is 12.4. The van der Waals surface area contributed by atoms with Gasteiger partial charge in [0.2, 0.25) is 5.91 Å². The average Bonchev–Trinajstić information content (AvgIpc) is 3.59. The molecule has 2 amide bonds. The Bertz CT molecular complexity index is 1750. The van der Waals surface area contributed by atoms with E-state index in [1.54, 1.807) is 0 Å². The largest absolute Gasteiger partial charge is 0.481 e. The molecule has 2 aliphatic rings. The molecule has 1 saturated heterocycles. The SMILES string of the molecule is C=CC1=C(C)[C@H](/C=c2/[nH]c(=Cc3[nH]c(/C=C4\NC(=O)[C@@H](C)C4=CC)c(C)c3CCC(=O)O)c(CCC(=O)O)c2C)NC1=O. The summed E-state index contributed by atoms with van der Waals surface area (Å²) in [5, 5.41) is 26.2. The van der Waals surface area contributed by atoms with Gasteiger partial charge in [0.05, 0.1) is 12.0 Å². The molecule has 0 aliphatic carbocycles. The fourth-order valence-electron chi connectivity index (χ4n) is 5.79. The molecule has 4 rings (SSSR count). The van der Waals surface area contributed by atoms with Crippen molar-refractivity contribution in [2.24, 2.45) is 5.92 Å². The summed E-state index contributed by atoms with van der Waals surface area (Å²) in [6.45, 7) is 13.1. The number of aromatic amines is 2. The number of hydrogen-bond acceptors (Lipinski definition) is 4. The first kappa shape index (κ1) is 31.1. The van der Waals surface area contributed by atoms with Crippen LogP contribution >= 0.6 is 0 Å². The van der Waals surface area contributed by atoms with E-state index in [0.717, 1.165) is 44.4 Å². The Morgan fingerprint density at radius 2 is 1.56 bits per heavy atom. The highest BCUT2D eigenvalue weighted by Crippen LogP contribution is 2.29. The van der Waals surface area contributed by atoms with Gasteiger partial charge >= 0.3 is 11.9 Å². The van der Waals surface area contributed by atoms with Crippen molar-refractivity contribution in [2.75, 3.05) is 0 Å². The van der Waals surface area contributed by atoms with E-state index in [9.17, 15) is 29.4 Å². The molecule has 6 N–H and O–H groups in total. The number of aromatic nitrogens is 2. The van der Waals surface area contributed by atoms with E-state index >= 15 is 0 Å². The monoisotopic (exact) mass is 586 g/mol. The number of carboxylic acids is 2. The molecule has 226 valence electrons. The number of H-pyrrole nitrogens is 2. The fraction of sp³-hybridized carbons (Fsp3) is 0.333. The van der Waals surface area contributed by atoms with Crippen molar-refractivity contribution in [1.29, 1.82) is 0 Å². The van der Waals surface area contributed by atoms with Gasteiger partial charge in [0, 0.05) is 46.2 Å². The molecule has 0 spiro atoms. The maximum Gasteiger partial charge on any atom is 0.303 e. The van der Waals surface area contributed by atoms with Crippen LogP contribution in [0, 0.1) is 19.8 Å². The lowest BCUT2D eigenvalue weighted by atomic mass is 10.00. The average molecular weight is 587 g/mol. The summed E-state index contributed by atoms with van der Waals surface area (Å²) in [7, 11) is 0. The molecule has 0 unspecified atom stereocenters. The van der Waals surface area contributed by atoms with Crippen molar-refractivity contribution in [2.45, 2.75) is 66.3 Å². The molecule has 0 saturated carbocycles. The second-order valence-corrected chi connectivity index (χ2v) is 11.0. The van der Waals surface area contributed by atoms with E-state index in [-0.39, 0.29) is 49.5 Å². The number of carboxylic acid groups (broad SMARTS) is 2. The first-order valence-electron chi connectivity index (χ1n) is 14.2. The van der Waals surface area contributed by atoms with Gasteiger partial charge < -0.3 is 30.8 Å².